The lowest BCUT2D eigenvalue weighted by Gasteiger charge is -2.13. The van der Waals surface area contributed by atoms with Crippen molar-refractivity contribution in [1.82, 2.24) is 5.32 Å². The van der Waals surface area contributed by atoms with Crippen LogP contribution in [0.25, 0.3) is 0 Å². The van der Waals surface area contributed by atoms with E-state index < -0.39 is 17.7 Å². The molecule has 1 aromatic carbocycles. The predicted octanol–water partition coefficient (Wildman–Crippen LogP) is 2.56. The second kappa shape index (κ2) is 7.33. The van der Waals surface area contributed by atoms with E-state index in [9.17, 15) is 13.9 Å². The number of ether oxygens (including phenoxy) is 1. The van der Waals surface area contributed by atoms with Gasteiger partial charge in [0.15, 0.2) is 11.6 Å². The van der Waals surface area contributed by atoms with E-state index in [0.717, 1.165) is 17.7 Å². The maximum absolute atomic E-state index is 12.9. The third-order valence-electron chi connectivity index (χ3n) is 2.62. The molecule has 0 radical (unpaired) electrons. The molecule has 0 aliphatic rings. The molecule has 0 saturated carbocycles. The minimum absolute atomic E-state index is 0.0156. The number of hydrogen-bond acceptors (Lipinski definition) is 4. The second-order valence-electron chi connectivity index (χ2n) is 4.30. The zero-order valence-corrected chi connectivity index (χ0v) is 11.5. The maximum Gasteiger partial charge on any atom is 0.162 e. The van der Waals surface area contributed by atoms with Crippen molar-refractivity contribution in [3.05, 3.63) is 52.2 Å². The van der Waals surface area contributed by atoms with Crippen LogP contribution < -0.4 is 10.1 Å². The molecule has 0 amide bonds. The minimum atomic E-state index is -0.965. The molecule has 1 aromatic heterocycles. The van der Waals surface area contributed by atoms with Gasteiger partial charge in [0.1, 0.15) is 18.5 Å². The normalized spacial score (nSPS) is 12.3. The van der Waals surface area contributed by atoms with Crippen LogP contribution in [-0.2, 0) is 6.54 Å². The van der Waals surface area contributed by atoms with Crippen LogP contribution in [0, 0.1) is 11.6 Å². The van der Waals surface area contributed by atoms with Gasteiger partial charge in [0, 0.05) is 19.2 Å². The van der Waals surface area contributed by atoms with E-state index in [1.165, 1.54) is 6.07 Å². The number of aliphatic hydroxyl groups is 1. The standard InChI is InChI=1S/C14H15F2NO2S/c15-13-2-1-12(5-14(13)16)19-8-11(18)7-17-6-10-3-4-20-9-10/h1-5,9,11,17-18H,6-8H2. The summed E-state index contributed by atoms with van der Waals surface area (Å²) in [5, 5.41) is 16.8. The highest BCUT2D eigenvalue weighted by Crippen LogP contribution is 2.15. The summed E-state index contributed by atoms with van der Waals surface area (Å²) in [5.74, 6) is -1.69. The van der Waals surface area contributed by atoms with Gasteiger partial charge >= 0.3 is 0 Å². The number of aliphatic hydroxyl groups excluding tert-OH is 1. The fraction of sp³-hybridized carbons (Fsp3) is 0.286. The van der Waals surface area contributed by atoms with E-state index in [1.54, 1.807) is 11.3 Å². The van der Waals surface area contributed by atoms with Crippen LogP contribution >= 0.6 is 11.3 Å². The molecule has 108 valence electrons. The number of rotatable bonds is 7. The molecule has 0 aliphatic heterocycles. The Balaban J connectivity index is 1.69. The van der Waals surface area contributed by atoms with E-state index in [2.05, 4.69) is 5.32 Å². The van der Waals surface area contributed by atoms with E-state index in [4.69, 9.17) is 4.74 Å². The smallest absolute Gasteiger partial charge is 0.162 e. The largest absolute Gasteiger partial charge is 0.491 e. The second-order valence-corrected chi connectivity index (χ2v) is 5.08. The van der Waals surface area contributed by atoms with Gasteiger partial charge in [-0.1, -0.05) is 0 Å². The molecule has 6 heteroatoms. The molecule has 20 heavy (non-hydrogen) atoms. The maximum atomic E-state index is 12.9. The Morgan fingerprint density at radius 2 is 2.10 bits per heavy atom. The Hall–Kier alpha value is -1.50. The van der Waals surface area contributed by atoms with E-state index >= 15 is 0 Å². The van der Waals surface area contributed by atoms with Gasteiger partial charge in [-0.05, 0) is 34.5 Å². The number of benzene rings is 1. The summed E-state index contributed by atoms with van der Waals surface area (Å²) in [6.45, 7) is 1.05. The molecule has 0 bridgehead atoms. The Labute approximate surface area is 119 Å². The topological polar surface area (TPSA) is 41.5 Å². The average Bonchev–Trinajstić information content (AvgIpc) is 2.93. The first-order valence-corrected chi connectivity index (χ1v) is 7.07. The molecule has 0 saturated heterocycles. The molecule has 2 aromatic rings. The highest BCUT2D eigenvalue weighted by molar-refractivity contribution is 7.07. The molecule has 1 heterocycles. The molecule has 0 spiro atoms. The fourth-order valence-electron chi connectivity index (χ4n) is 1.59. The number of thiophene rings is 1. The lowest BCUT2D eigenvalue weighted by molar-refractivity contribution is 0.106. The fourth-order valence-corrected chi connectivity index (χ4v) is 2.26. The molecule has 1 atom stereocenters. The van der Waals surface area contributed by atoms with Crippen molar-refractivity contribution in [2.75, 3.05) is 13.2 Å². The van der Waals surface area contributed by atoms with Gasteiger partial charge in [-0.2, -0.15) is 11.3 Å². The molecule has 0 aliphatic carbocycles. The summed E-state index contributed by atoms with van der Waals surface area (Å²) < 4.78 is 30.8. The van der Waals surface area contributed by atoms with Crippen molar-refractivity contribution in [3.8, 4) is 5.75 Å². The third kappa shape index (κ3) is 4.56. The van der Waals surface area contributed by atoms with Crippen LogP contribution in [0.15, 0.2) is 35.0 Å². The highest BCUT2D eigenvalue weighted by Gasteiger charge is 2.07. The van der Waals surface area contributed by atoms with E-state index in [1.807, 2.05) is 16.8 Å². The number of hydrogen-bond donors (Lipinski definition) is 2. The summed E-state index contributed by atoms with van der Waals surface area (Å²) in [6.07, 6.45) is -0.721. The van der Waals surface area contributed by atoms with E-state index in [0.29, 0.717) is 13.1 Å². The lowest BCUT2D eigenvalue weighted by Crippen LogP contribution is -2.31. The van der Waals surface area contributed by atoms with Crippen LogP contribution in [0.3, 0.4) is 0 Å². The Morgan fingerprint density at radius 3 is 2.80 bits per heavy atom. The minimum Gasteiger partial charge on any atom is -0.491 e. The molecule has 0 fully saturated rings. The van der Waals surface area contributed by atoms with Crippen molar-refractivity contribution in [2.24, 2.45) is 0 Å². The van der Waals surface area contributed by atoms with Gasteiger partial charge in [0.25, 0.3) is 0 Å². The van der Waals surface area contributed by atoms with Crippen molar-refractivity contribution >= 4 is 11.3 Å². The first-order valence-electron chi connectivity index (χ1n) is 6.13. The summed E-state index contributed by atoms with van der Waals surface area (Å²) in [7, 11) is 0. The molecule has 1 unspecified atom stereocenters. The molecule has 3 nitrogen and oxygen atoms in total. The van der Waals surface area contributed by atoms with Crippen LogP contribution in [0.1, 0.15) is 5.56 Å². The molecule has 2 N–H and O–H groups in total. The lowest BCUT2D eigenvalue weighted by atomic mass is 10.3. The summed E-state index contributed by atoms with van der Waals surface area (Å²) >= 11 is 1.62. The zero-order chi connectivity index (χ0) is 14.4. The van der Waals surface area contributed by atoms with Gasteiger partial charge in [-0.15, -0.1) is 0 Å². The number of halogens is 2. The van der Waals surface area contributed by atoms with E-state index in [-0.39, 0.29) is 12.4 Å². The van der Waals surface area contributed by atoms with Gasteiger partial charge in [0.05, 0.1) is 0 Å². The predicted molar refractivity (Wildman–Crippen MR) is 73.9 cm³/mol. The molecular formula is C14H15F2NO2S. The van der Waals surface area contributed by atoms with Gasteiger partial charge < -0.3 is 15.2 Å². The first-order chi connectivity index (χ1) is 9.65. The van der Waals surface area contributed by atoms with Crippen LogP contribution in [0.5, 0.6) is 5.75 Å². The third-order valence-corrected chi connectivity index (χ3v) is 3.35. The monoisotopic (exact) mass is 299 g/mol. The van der Waals surface area contributed by atoms with Crippen LogP contribution in [0.2, 0.25) is 0 Å². The van der Waals surface area contributed by atoms with Crippen molar-refractivity contribution in [2.45, 2.75) is 12.6 Å². The Kier molecular flexibility index (Phi) is 5.46. The summed E-state index contributed by atoms with van der Waals surface area (Å²) in [6, 6.07) is 5.28. The summed E-state index contributed by atoms with van der Waals surface area (Å²) in [5.41, 5.74) is 1.16. The van der Waals surface area contributed by atoms with Gasteiger partial charge in [-0.25, -0.2) is 8.78 Å². The Bertz CT molecular complexity index is 534. The number of nitrogens with one attached hydrogen (secondary N) is 1. The van der Waals surface area contributed by atoms with Gasteiger partial charge in [0.2, 0.25) is 0 Å². The molecular weight excluding hydrogens is 284 g/mol. The quantitative estimate of drug-likeness (QED) is 0.825. The van der Waals surface area contributed by atoms with Crippen molar-refractivity contribution in [3.63, 3.8) is 0 Å². The Morgan fingerprint density at radius 1 is 1.25 bits per heavy atom. The highest BCUT2D eigenvalue weighted by atomic mass is 32.1. The van der Waals surface area contributed by atoms with Crippen molar-refractivity contribution in [1.29, 1.82) is 0 Å². The van der Waals surface area contributed by atoms with Crippen LogP contribution in [-0.4, -0.2) is 24.4 Å². The zero-order valence-electron chi connectivity index (χ0n) is 10.7. The summed E-state index contributed by atoms with van der Waals surface area (Å²) in [4.78, 5) is 0. The molecule has 2 rings (SSSR count). The van der Waals surface area contributed by atoms with Crippen molar-refractivity contribution < 1.29 is 18.6 Å². The SMILES string of the molecule is OC(CNCc1ccsc1)COc1ccc(F)c(F)c1. The van der Waals surface area contributed by atoms with Gasteiger partial charge in [-0.3, -0.25) is 0 Å². The van der Waals surface area contributed by atoms with Crippen LogP contribution in [0.4, 0.5) is 8.78 Å². The first kappa shape index (κ1) is 14.9. The average molecular weight is 299 g/mol.